The van der Waals surface area contributed by atoms with Gasteiger partial charge in [-0.3, -0.25) is 14.4 Å². The first-order valence-corrected chi connectivity index (χ1v) is 10.6. The molecule has 0 saturated heterocycles. The maximum Gasteiger partial charge on any atom is 0.272 e. The number of fused-ring (bicyclic) bond motifs is 1. The van der Waals surface area contributed by atoms with E-state index < -0.39 is 11.7 Å². The van der Waals surface area contributed by atoms with E-state index in [2.05, 4.69) is 10.2 Å². The number of halogens is 1. The number of nitrogens with zero attached hydrogens (tertiary/aromatic N) is 3. The van der Waals surface area contributed by atoms with E-state index in [0.717, 1.165) is 12.8 Å². The van der Waals surface area contributed by atoms with E-state index in [4.69, 9.17) is 0 Å². The van der Waals surface area contributed by atoms with Gasteiger partial charge in [-0.05, 0) is 36.6 Å². The second-order valence-electron chi connectivity index (χ2n) is 8.14. The van der Waals surface area contributed by atoms with Crippen LogP contribution in [0.25, 0.3) is 10.8 Å². The SMILES string of the molecule is O=C(c1cc(Cc2n[nH]c(=O)c3ccccc23)ccc1F)N1C=CN(C(=O)C2CC2)CC1. The van der Waals surface area contributed by atoms with Gasteiger partial charge in [0.15, 0.2) is 0 Å². The number of carbonyl (C=O) groups is 2. The maximum absolute atomic E-state index is 14.5. The van der Waals surface area contributed by atoms with E-state index in [1.807, 2.05) is 12.1 Å². The molecule has 0 unspecified atom stereocenters. The first-order chi connectivity index (χ1) is 15.5. The molecule has 0 radical (unpaired) electrons. The highest BCUT2D eigenvalue weighted by Gasteiger charge is 2.34. The summed E-state index contributed by atoms with van der Waals surface area (Å²) >= 11 is 0. The molecule has 2 aromatic carbocycles. The fourth-order valence-electron chi connectivity index (χ4n) is 3.94. The Morgan fingerprint density at radius 2 is 1.75 bits per heavy atom. The van der Waals surface area contributed by atoms with Crippen LogP contribution < -0.4 is 5.56 Å². The van der Waals surface area contributed by atoms with Gasteiger partial charge in [-0.25, -0.2) is 9.49 Å². The van der Waals surface area contributed by atoms with Gasteiger partial charge >= 0.3 is 0 Å². The molecule has 2 aliphatic rings. The molecular formula is C24H21FN4O3. The summed E-state index contributed by atoms with van der Waals surface area (Å²) in [6, 6.07) is 11.5. The zero-order valence-electron chi connectivity index (χ0n) is 17.3. The van der Waals surface area contributed by atoms with Crippen LogP contribution in [0, 0.1) is 11.7 Å². The summed E-state index contributed by atoms with van der Waals surface area (Å²) in [6.07, 6.45) is 5.30. The number of nitrogens with one attached hydrogen (secondary N) is 1. The molecule has 162 valence electrons. The summed E-state index contributed by atoms with van der Waals surface area (Å²) in [6.45, 7) is 0.704. The lowest BCUT2D eigenvalue weighted by Crippen LogP contribution is -2.41. The van der Waals surface area contributed by atoms with E-state index in [0.29, 0.717) is 41.5 Å². The van der Waals surface area contributed by atoms with Crippen molar-refractivity contribution in [1.82, 2.24) is 20.0 Å². The topological polar surface area (TPSA) is 86.4 Å². The third-order valence-electron chi connectivity index (χ3n) is 5.89. The van der Waals surface area contributed by atoms with Crippen molar-refractivity contribution in [2.24, 2.45) is 5.92 Å². The lowest BCUT2D eigenvalue weighted by atomic mass is 10.0. The molecule has 7 nitrogen and oxygen atoms in total. The number of benzene rings is 2. The molecule has 32 heavy (non-hydrogen) atoms. The number of H-pyrrole nitrogens is 1. The van der Waals surface area contributed by atoms with Gasteiger partial charge in [0.25, 0.3) is 11.5 Å². The summed E-state index contributed by atoms with van der Waals surface area (Å²) in [5, 5.41) is 7.89. The Hall–Kier alpha value is -3.81. The van der Waals surface area contributed by atoms with E-state index in [1.54, 1.807) is 29.3 Å². The van der Waals surface area contributed by atoms with Crippen molar-refractivity contribution < 1.29 is 14.0 Å². The van der Waals surface area contributed by atoms with Gasteiger partial charge in [0, 0.05) is 43.2 Å². The average molecular weight is 432 g/mol. The van der Waals surface area contributed by atoms with Gasteiger partial charge in [0.1, 0.15) is 5.82 Å². The molecule has 0 bridgehead atoms. The van der Waals surface area contributed by atoms with Crippen LogP contribution in [-0.4, -0.2) is 44.9 Å². The quantitative estimate of drug-likeness (QED) is 0.687. The molecule has 1 fully saturated rings. The van der Waals surface area contributed by atoms with E-state index in [9.17, 15) is 18.8 Å². The number of carbonyl (C=O) groups excluding carboxylic acids is 2. The van der Waals surface area contributed by atoms with Gasteiger partial charge < -0.3 is 9.80 Å². The number of rotatable bonds is 4. The maximum atomic E-state index is 14.5. The van der Waals surface area contributed by atoms with Crippen LogP contribution >= 0.6 is 0 Å². The number of hydrogen-bond donors (Lipinski definition) is 1. The molecule has 1 aliphatic heterocycles. The number of aromatic nitrogens is 2. The molecule has 0 spiro atoms. The van der Waals surface area contributed by atoms with Crippen molar-refractivity contribution in [3.05, 3.63) is 87.9 Å². The molecule has 1 aliphatic carbocycles. The Morgan fingerprint density at radius 3 is 2.47 bits per heavy atom. The monoisotopic (exact) mass is 432 g/mol. The van der Waals surface area contributed by atoms with Crippen LogP contribution in [-0.2, 0) is 11.2 Å². The third-order valence-corrected chi connectivity index (χ3v) is 5.89. The molecule has 8 heteroatoms. The van der Waals surface area contributed by atoms with E-state index >= 15 is 0 Å². The molecule has 1 N–H and O–H groups in total. The molecule has 3 aromatic rings. The van der Waals surface area contributed by atoms with Gasteiger partial charge in [-0.15, -0.1) is 0 Å². The standard InChI is InChI=1S/C24H21FN4O3/c25-20-8-5-15(14-21-17-3-1-2-4-18(17)22(30)27-26-21)13-19(20)24(32)29-11-9-28(10-12-29)23(31)16-6-7-16/h1-5,8-9,11,13,16H,6-7,10,12,14H2,(H,27,30). The van der Waals surface area contributed by atoms with Crippen molar-refractivity contribution >= 4 is 22.6 Å². The molecule has 0 atom stereocenters. The Kier molecular flexibility index (Phi) is 5.05. The smallest absolute Gasteiger partial charge is 0.272 e. The fraction of sp³-hybridized carbons (Fsp3) is 0.250. The van der Waals surface area contributed by atoms with Crippen molar-refractivity contribution in [3.63, 3.8) is 0 Å². The van der Waals surface area contributed by atoms with Crippen molar-refractivity contribution in [3.8, 4) is 0 Å². The molecule has 2 heterocycles. The Labute approximate surface area is 183 Å². The van der Waals surface area contributed by atoms with Gasteiger partial charge in [-0.1, -0.05) is 24.3 Å². The number of aromatic amines is 1. The highest BCUT2D eigenvalue weighted by molar-refractivity contribution is 5.95. The van der Waals surface area contributed by atoms with Crippen LogP contribution in [0.15, 0.2) is 59.7 Å². The largest absolute Gasteiger partial charge is 0.316 e. The minimum Gasteiger partial charge on any atom is -0.316 e. The summed E-state index contributed by atoms with van der Waals surface area (Å²) in [4.78, 5) is 40.2. The minimum atomic E-state index is -0.608. The highest BCUT2D eigenvalue weighted by atomic mass is 19.1. The normalized spacial score (nSPS) is 15.9. The predicted molar refractivity (Wildman–Crippen MR) is 116 cm³/mol. The summed E-state index contributed by atoms with van der Waals surface area (Å²) < 4.78 is 14.5. The van der Waals surface area contributed by atoms with E-state index in [1.165, 1.54) is 23.2 Å². The first-order valence-electron chi connectivity index (χ1n) is 10.6. The van der Waals surface area contributed by atoms with Crippen LogP contribution in [0.3, 0.4) is 0 Å². The van der Waals surface area contributed by atoms with Crippen LogP contribution in [0.2, 0.25) is 0 Å². The molecule has 2 amide bonds. The lowest BCUT2D eigenvalue weighted by Gasteiger charge is -2.29. The Morgan fingerprint density at radius 1 is 1.03 bits per heavy atom. The third kappa shape index (κ3) is 3.79. The zero-order chi connectivity index (χ0) is 22.2. The average Bonchev–Trinajstić information content (AvgIpc) is 3.67. The minimum absolute atomic E-state index is 0.0390. The van der Waals surface area contributed by atoms with E-state index in [-0.39, 0.29) is 22.9 Å². The Balaban J connectivity index is 1.38. The van der Waals surface area contributed by atoms with Crippen LogP contribution in [0.4, 0.5) is 4.39 Å². The Bertz CT molecular complexity index is 1310. The van der Waals surface area contributed by atoms with Gasteiger partial charge in [0.05, 0.1) is 16.6 Å². The molecule has 5 rings (SSSR count). The zero-order valence-corrected chi connectivity index (χ0v) is 17.3. The first kappa shape index (κ1) is 20.1. The highest BCUT2D eigenvalue weighted by Crippen LogP contribution is 2.31. The second-order valence-corrected chi connectivity index (χ2v) is 8.14. The van der Waals surface area contributed by atoms with Crippen molar-refractivity contribution in [2.75, 3.05) is 13.1 Å². The number of hydrogen-bond acceptors (Lipinski definition) is 4. The number of amides is 2. The van der Waals surface area contributed by atoms with Crippen molar-refractivity contribution in [2.45, 2.75) is 19.3 Å². The summed E-state index contributed by atoms with van der Waals surface area (Å²) in [7, 11) is 0. The molecule has 1 aromatic heterocycles. The summed E-state index contributed by atoms with van der Waals surface area (Å²) in [5.74, 6) is -0.878. The summed E-state index contributed by atoms with van der Waals surface area (Å²) in [5.41, 5.74) is 1.02. The fourth-order valence-corrected chi connectivity index (χ4v) is 3.94. The van der Waals surface area contributed by atoms with Gasteiger partial charge in [-0.2, -0.15) is 5.10 Å². The molecule has 1 saturated carbocycles. The van der Waals surface area contributed by atoms with Crippen LogP contribution in [0.1, 0.15) is 34.5 Å². The van der Waals surface area contributed by atoms with Crippen LogP contribution in [0.5, 0.6) is 0 Å². The molecular weight excluding hydrogens is 411 g/mol. The van der Waals surface area contributed by atoms with Crippen molar-refractivity contribution in [1.29, 1.82) is 0 Å². The lowest BCUT2D eigenvalue weighted by molar-refractivity contribution is -0.130. The van der Waals surface area contributed by atoms with Gasteiger partial charge in [0.2, 0.25) is 5.91 Å². The second kappa shape index (κ2) is 8.03. The predicted octanol–water partition coefficient (Wildman–Crippen LogP) is 2.82.